The molecule has 1 aromatic rings. The summed E-state index contributed by atoms with van der Waals surface area (Å²) in [5.74, 6) is -0.572. The van der Waals surface area contributed by atoms with Crippen LogP contribution in [0.3, 0.4) is 0 Å². The summed E-state index contributed by atoms with van der Waals surface area (Å²) in [6.07, 6.45) is 0. The summed E-state index contributed by atoms with van der Waals surface area (Å²) < 4.78 is 17.5. The highest BCUT2D eigenvalue weighted by Crippen LogP contribution is 2.09. The lowest BCUT2D eigenvalue weighted by molar-refractivity contribution is -0.131. The first-order valence-electron chi connectivity index (χ1n) is 3.54. The van der Waals surface area contributed by atoms with Crippen molar-refractivity contribution in [3.63, 3.8) is 0 Å². The molecule has 0 heterocycles. The average Bonchev–Trinajstić information content (AvgIpc) is 1.96. The quantitative estimate of drug-likeness (QED) is 0.333. The largest absolute Gasteiger partial charge is 0.427 e. The lowest BCUT2D eigenvalue weighted by atomic mass is 9.96. The van der Waals surface area contributed by atoms with Gasteiger partial charge < -0.3 is 4.74 Å². The first-order chi connectivity index (χ1) is 5.59. The Morgan fingerprint density at radius 3 is 2.75 bits per heavy atom. The van der Waals surface area contributed by atoms with E-state index in [2.05, 4.69) is 4.74 Å². The molecule has 0 saturated heterocycles. The smallest absolute Gasteiger partial charge is 0.308 e. The van der Waals surface area contributed by atoms with Gasteiger partial charge >= 0.3 is 5.97 Å². The Morgan fingerprint density at radius 2 is 2.25 bits per heavy atom. The molecule has 0 amide bonds. The van der Waals surface area contributed by atoms with Gasteiger partial charge in [0.15, 0.2) is 0 Å². The van der Waals surface area contributed by atoms with Crippen LogP contribution in [0.15, 0.2) is 18.2 Å². The highest BCUT2D eigenvalue weighted by Gasteiger charge is 2.01. The van der Waals surface area contributed by atoms with Gasteiger partial charge in [0.05, 0.1) is 0 Å². The van der Waals surface area contributed by atoms with E-state index in [1.54, 1.807) is 20.0 Å². The van der Waals surface area contributed by atoms with Gasteiger partial charge in [-0.25, -0.2) is 4.39 Å². The molecule has 0 aliphatic heterocycles. The Morgan fingerprint density at radius 1 is 1.58 bits per heavy atom. The Hall–Kier alpha value is -1.32. The number of halogens is 1. The number of ether oxygens (including phenoxy) is 1. The zero-order valence-corrected chi connectivity index (χ0v) is 6.93. The van der Waals surface area contributed by atoms with Crippen molar-refractivity contribution in [1.29, 1.82) is 0 Å². The summed E-state index contributed by atoms with van der Waals surface area (Å²) in [5.41, 5.74) is 0.533. The van der Waals surface area contributed by atoms with E-state index in [1.165, 1.54) is 13.0 Å². The van der Waals surface area contributed by atoms with Crippen molar-refractivity contribution < 1.29 is 13.9 Å². The molecule has 0 aromatic heterocycles. The molecular weight excluding hydrogens is 158 g/mol. The van der Waals surface area contributed by atoms with Gasteiger partial charge in [-0.2, -0.15) is 0 Å². The molecule has 2 nitrogen and oxygen atoms in total. The molecule has 4 heteroatoms. The fraction of sp³-hybridized carbons (Fsp3) is 0.125. The minimum atomic E-state index is -0.446. The summed E-state index contributed by atoms with van der Waals surface area (Å²) in [7, 11) is 1.65. The maximum Gasteiger partial charge on any atom is 0.308 e. The number of carbonyl (C=O) groups is 1. The minimum absolute atomic E-state index is 0.241. The third kappa shape index (κ3) is 2.08. The SMILES string of the molecule is Bc1ccc(OC(C)=O)cc1F. The molecule has 0 saturated carbocycles. The molecule has 0 bridgehead atoms. The highest BCUT2D eigenvalue weighted by atomic mass is 19.1. The van der Waals surface area contributed by atoms with Crippen molar-refractivity contribution in [3.05, 3.63) is 24.0 Å². The van der Waals surface area contributed by atoms with Gasteiger partial charge in [0.1, 0.15) is 19.4 Å². The molecule has 62 valence electrons. The molecule has 12 heavy (non-hydrogen) atoms. The van der Waals surface area contributed by atoms with Crippen LogP contribution in [0, 0.1) is 5.82 Å². The van der Waals surface area contributed by atoms with E-state index in [0.717, 1.165) is 0 Å². The van der Waals surface area contributed by atoms with Crippen LogP contribution in [0.1, 0.15) is 6.92 Å². The maximum atomic E-state index is 12.8. The van der Waals surface area contributed by atoms with Crippen molar-refractivity contribution in [1.82, 2.24) is 0 Å². The number of hydrogen-bond donors (Lipinski definition) is 0. The molecule has 0 aliphatic carbocycles. The third-order valence-electron chi connectivity index (χ3n) is 1.40. The van der Waals surface area contributed by atoms with Gasteiger partial charge in [-0.05, 0) is 6.07 Å². The van der Waals surface area contributed by atoms with E-state index in [-0.39, 0.29) is 11.6 Å². The Labute approximate surface area is 70.8 Å². The lowest BCUT2D eigenvalue weighted by Crippen LogP contribution is -2.09. The maximum absolute atomic E-state index is 12.8. The Balaban J connectivity index is 2.89. The summed E-state index contributed by atoms with van der Waals surface area (Å²) in [6.45, 7) is 1.28. The van der Waals surface area contributed by atoms with Crippen LogP contribution in [-0.4, -0.2) is 13.8 Å². The minimum Gasteiger partial charge on any atom is -0.427 e. The zero-order valence-electron chi connectivity index (χ0n) is 6.93. The van der Waals surface area contributed by atoms with E-state index >= 15 is 0 Å². The summed E-state index contributed by atoms with van der Waals surface area (Å²) >= 11 is 0. The molecule has 0 N–H and O–H groups in total. The predicted octanol–water partition coefficient (Wildman–Crippen LogP) is 0.00940. The van der Waals surface area contributed by atoms with E-state index in [1.807, 2.05) is 0 Å². The van der Waals surface area contributed by atoms with E-state index in [9.17, 15) is 9.18 Å². The van der Waals surface area contributed by atoms with Crippen molar-refractivity contribution in [2.45, 2.75) is 6.92 Å². The van der Waals surface area contributed by atoms with Crippen LogP contribution in [-0.2, 0) is 4.79 Å². The van der Waals surface area contributed by atoms with E-state index in [0.29, 0.717) is 5.46 Å². The van der Waals surface area contributed by atoms with Crippen LogP contribution in [0.25, 0.3) is 0 Å². The second-order valence-corrected chi connectivity index (χ2v) is 2.50. The molecule has 0 atom stereocenters. The molecule has 0 unspecified atom stereocenters. The molecule has 0 spiro atoms. The van der Waals surface area contributed by atoms with E-state index < -0.39 is 5.97 Å². The molecule has 0 fully saturated rings. The molecule has 1 aromatic carbocycles. The van der Waals surface area contributed by atoms with Crippen molar-refractivity contribution in [2.24, 2.45) is 0 Å². The lowest BCUT2D eigenvalue weighted by Gasteiger charge is -2.01. The van der Waals surface area contributed by atoms with Gasteiger partial charge in [0, 0.05) is 13.0 Å². The van der Waals surface area contributed by atoms with Crippen LogP contribution < -0.4 is 10.2 Å². The zero-order chi connectivity index (χ0) is 9.14. The van der Waals surface area contributed by atoms with Crippen molar-refractivity contribution in [3.8, 4) is 5.75 Å². The number of benzene rings is 1. The second-order valence-electron chi connectivity index (χ2n) is 2.50. The summed E-state index contributed by atoms with van der Waals surface area (Å²) in [5, 5.41) is 0. The van der Waals surface area contributed by atoms with Crippen molar-refractivity contribution >= 4 is 19.3 Å². The summed E-state index contributed by atoms with van der Waals surface area (Å²) in [6, 6.07) is 4.31. The first-order valence-corrected chi connectivity index (χ1v) is 3.54. The first kappa shape index (κ1) is 8.78. The van der Waals surface area contributed by atoms with Crippen LogP contribution in [0.2, 0.25) is 0 Å². The van der Waals surface area contributed by atoms with Crippen molar-refractivity contribution in [2.75, 3.05) is 0 Å². The fourth-order valence-electron chi connectivity index (χ4n) is 0.803. The molecule has 1 rings (SSSR count). The topological polar surface area (TPSA) is 26.3 Å². The van der Waals surface area contributed by atoms with Gasteiger partial charge in [0.2, 0.25) is 0 Å². The van der Waals surface area contributed by atoms with Gasteiger partial charge in [0.25, 0.3) is 0 Å². The fourth-order valence-corrected chi connectivity index (χ4v) is 0.803. The Kier molecular flexibility index (Phi) is 2.48. The number of rotatable bonds is 1. The number of carbonyl (C=O) groups excluding carboxylic acids is 1. The number of esters is 1. The highest BCUT2D eigenvalue weighted by molar-refractivity contribution is 6.32. The Bertz CT molecular complexity index is 312. The molecule has 0 aliphatic rings. The normalized spacial score (nSPS) is 9.50. The van der Waals surface area contributed by atoms with Gasteiger partial charge in [-0.3, -0.25) is 4.79 Å². The van der Waals surface area contributed by atoms with Crippen LogP contribution in [0.4, 0.5) is 4.39 Å². The predicted molar refractivity (Wildman–Crippen MR) is 45.9 cm³/mol. The molecule has 0 radical (unpaired) electrons. The van der Waals surface area contributed by atoms with E-state index in [4.69, 9.17) is 0 Å². The molecular formula is C8H8BFO2. The second kappa shape index (κ2) is 3.39. The standard InChI is InChI=1S/C8H8BFO2/c1-5(11)12-6-2-3-7(9)8(10)4-6/h2-4H,9H2,1H3. The summed E-state index contributed by atoms with van der Waals surface area (Å²) in [4.78, 5) is 10.5. The third-order valence-corrected chi connectivity index (χ3v) is 1.40. The average molecular weight is 166 g/mol. The van der Waals surface area contributed by atoms with Gasteiger partial charge in [-0.15, -0.1) is 0 Å². The monoisotopic (exact) mass is 166 g/mol. The van der Waals surface area contributed by atoms with Crippen LogP contribution in [0.5, 0.6) is 5.75 Å². The van der Waals surface area contributed by atoms with Crippen LogP contribution >= 0.6 is 0 Å². The van der Waals surface area contributed by atoms with Gasteiger partial charge in [-0.1, -0.05) is 11.5 Å². The number of hydrogen-bond acceptors (Lipinski definition) is 2.